The van der Waals surface area contributed by atoms with Gasteiger partial charge in [0.05, 0.1) is 0 Å². The van der Waals surface area contributed by atoms with Crippen LogP contribution in [0.3, 0.4) is 0 Å². The third kappa shape index (κ3) is 2.31. The van der Waals surface area contributed by atoms with E-state index >= 15 is 0 Å². The fraction of sp³-hybridized carbons (Fsp3) is 0.200. The first-order chi connectivity index (χ1) is 12.2. The largest absolute Gasteiger partial charge is 0.475 e. The zero-order valence-electron chi connectivity index (χ0n) is 13.5. The Balaban J connectivity index is 1.70. The van der Waals surface area contributed by atoms with Crippen LogP contribution in [0.25, 0.3) is 33.1 Å². The number of rotatable bonds is 4. The zero-order valence-corrected chi connectivity index (χ0v) is 13.5. The molecule has 1 aliphatic rings. The Labute approximate surface area is 143 Å². The van der Waals surface area contributed by atoms with E-state index in [1.165, 1.54) is 35.3 Å². The van der Waals surface area contributed by atoms with Crippen LogP contribution in [0.4, 0.5) is 0 Å². The van der Waals surface area contributed by atoms with Crippen LogP contribution in [0.5, 0.6) is 0 Å². The van der Waals surface area contributed by atoms with Gasteiger partial charge in [0.25, 0.3) is 0 Å². The van der Waals surface area contributed by atoms with Crippen molar-refractivity contribution >= 4 is 27.8 Å². The van der Waals surface area contributed by atoms with Crippen molar-refractivity contribution in [2.24, 2.45) is 5.92 Å². The summed E-state index contributed by atoms with van der Waals surface area (Å²) in [6.07, 6.45) is 2.62. The summed E-state index contributed by atoms with van der Waals surface area (Å²) in [5, 5.41) is 15.3. The van der Waals surface area contributed by atoms with Crippen LogP contribution in [0.15, 0.2) is 53.1 Å². The van der Waals surface area contributed by atoms with E-state index in [0.717, 1.165) is 23.4 Å². The van der Waals surface area contributed by atoms with Crippen molar-refractivity contribution in [3.63, 3.8) is 0 Å². The minimum absolute atomic E-state index is 0.147. The Hall–Kier alpha value is -3.08. The van der Waals surface area contributed by atoms with Crippen molar-refractivity contribution in [1.29, 1.82) is 0 Å². The summed E-state index contributed by atoms with van der Waals surface area (Å²) in [7, 11) is 0. The maximum absolute atomic E-state index is 11.0. The lowest BCUT2D eigenvalue weighted by atomic mass is 10.1. The predicted octanol–water partition coefficient (Wildman–Crippen LogP) is 4.56. The normalized spacial score (nSPS) is 14.4. The summed E-state index contributed by atoms with van der Waals surface area (Å²) in [5.74, 6) is -0.473. The monoisotopic (exact) mass is 332 g/mol. The molecule has 0 amide bonds. The molecular weight excluding hydrogens is 316 g/mol. The molecule has 1 N–H and O–H groups in total. The van der Waals surface area contributed by atoms with Gasteiger partial charge in [-0.2, -0.15) is 0 Å². The van der Waals surface area contributed by atoms with Gasteiger partial charge in [-0.15, -0.1) is 0 Å². The van der Waals surface area contributed by atoms with E-state index in [9.17, 15) is 4.79 Å². The molecule has 5 heteroatoms. The van der Waals surface area contributed by atoms with Crippen molar-refractivity contribution in [2.45, 2.75) is 19.4 Å². The van der Waals surface area contributed by atoms with Crippen LogP contribution in [0, 0.1) is 5.92 Å². The fourth-order valence-corrected chi connectivity index (χ4v) is 3.48. The summed E-state index contributed by atoms with van der Waals surface area (Å²) < 4.78 is 7.29. The second-order valence-electron chi connectivity index (χ2n) is 6.68. The van der Waals surface area contributed by atoms with Gasteiger partial charge in [-0.1, -0.05) is 29.4 Å². The van der Waals surface area contributed by atoms with Gasteiger partial charge in [0.2, 0.25) is 5.76 Å². The van der Waals surface area contributed by atoms with Crippen molar-refractivity contribution in [3.05, 3.63) is 54.3 Å². The molecule has 0 spiro atoms. The van der Waals surface area contributed by atoms with Crippen molar-refractivity contribution in [3.8, 4) is 11.3 Å². The second-order valence-corrected chi connectivity index (χ2v) is 6.68. The van der Waals surface area contributed by atoms with Crippen LogP contribution in [0.2, 0.25) is 0 Å². The lowest BCUT2D eigenvalue weighted by Crippen LogP contribution is -1.98. The molecule has 5 rings (SSSR count). The number of carbonyl (C=O) groups is 1. The minimum atomic E-state index is -1.11. The minimum Gasteiger partial charge on any atom is -0.475 e. The maximum atomic E-state index is 11.0. The van der Waals surface area contributed by atoms with Crippen molar-refractivity contribution in [1.82, 2.24) is 9.72 Å². The Morgan fingerprint density at radius 3 is 2.68 bits per heavy atom. The van der Waals surface area contributed by atoms with Crippen LogP contribution in [0.1, 0.15) is 23.4 Å². The number of para-hydroxylation sites is 1. The Morgan fingerprint density at radius 2 is 1.92 bits per heavy atom. The number of hydrogen-bond donors (Lipinski definition) is 1. The molecule has 25 heavy (non-hydrogen) atoms. The van der Waals surface area contributed by atoms with E-state index < -0.39 is 5.97 Å². The summed E-state index contributed by atoms with van der Waals surface area (Å²) in [5.41, 5.74) is 3.85. The molecule has 0 saturated heterocycles. The van der Waals surface area contributed by atoms with E-state index in [1.807, 2.05) is 6.07 Å². The Morgan fingerprint density at radius 1 is 1.12 bits per heavy atom. The highest BCUT2D eigenvalue weighted by molar-refractivity contribution is 6.09. The SMILES string of the molecule is O=C(O)c1cc(-c2ccc3c(c2)c2ccccc2n3CC2CC2)no1. The number of aromatic carboxylic acids is 1. The van der Waals surface area contributed by atoms with E-state index in [4.69, 9.17) is 9.63 Å². The molecule has 0 aliphatic heterocycles. The van der Waals surface area contributed by atoms with E-state index in [1.54, 1.807) is 0 Å². The van der Waals surface area contributed by atoms with Crippen LogP contribution in [-0.4, -0.2) is 20.8 Å². The molecule has 2 heterocycles. The van der Waals surface area contributed by atoms with Gasteiger partial charge >= 0.3 is 5.97 Å². The molecule has 1 fully saturated rings. The second kappa shape index (κ2) is 5.21. The number of benzene rings is 2. The molecule has 4 aromatic rings. The van der Waals surface area contributed by atoms with Crippen LogP contribution in [-0.2, 0) is 6.54 Å². The predicted molar refractivity (Wildman–Crippen MR) is 94.6 cm³/mol. The number of carboxylic acid groups (broad SMARTS) is 1. The molecule has 2 aromatic carbocycles. The number of carboxylic acids is 1. The Kier molecular flexibility index (Phi) is 2.98. The van der Waals surface area contributed by atoms with Gasteiger partial charge in [-0.3, -0.25) is 0 Å². The van der Waals surface area contributed by atoms with Gasteiger partial charge in [-0.05, 0) is 37.0 Å². The third-order valence-corrected chi connectivity index (χ3v) is 4.93. The first-order valence-electron chi connectivity index (χ1n) is 8.42. The molecular formula is C20H16N2O3. The third-order valence-electron chi connectivity index (χ3n) is 4.93. The number of fused-ring (bicyclic) bond motifs is 3. The highest BCUT2D eigenvalue weighted by Crippen LogP contribution is 2.37. The molecule has 124 valence electrons. The number of hydrogen-bond acceptors (Lipinski definition) is 3. The quantitative estimate of drug-likeness (QED) is 0.595. The fourth-order valence-electron chi connectivity index (χ4n) is 3.48. The van der Waals surface area contributed by atoms with Gasteiger partial charge in [0.1, 0.15) is 5.69 Å². The molecule has 2 aromatic heterocycles. The average Bonchev–Trinajstić information content (AvgIpc) is 3.21. The van der Waals surface area contributed by atoms with Crippen molar-refractivity contribution in [2.75, 3.05) is 0 Å². The van der Waals surface area contributed by atoms with Gasteiger partial charge in [-0.25, -0.2) is 4.79 Å². The number of nitrogens with zero attached hydrogens (tertiary/aromatic N) is 2. The first kappa shape index (κ1) is 14.3. The highest BCUT2D eigenvalue weighted by atomic mass is 16.5. The van der Waals surface area contributed by atoms with Crippen LogP contribution >= 0.6 is 0 Å². The topological polar surface area (TPSA) is 68.3 Å². The molecule has 1 saturated carbocycles. The van der Waals surface area contributed by atoms with Gasteiger partial charge in [0.15, 0.2) is 0 Å². The molecule has 0 atom stereocenters. The lowest BCUT2D eigenvalue weighted by Gasteiger charge is -2.06. The van der Waals surface area contributed by atoms with E-state index in [-0.39, 0.29) is 5.76 Å². The van der Waals surface area contributed by atoms with Crippen molar-refractivity contribution < 1.29 is 14.4 Å². The molecule has 1 aliphatic carbocycles. The summed E-state index contributed by atoms with van der Waals surface area (Å²) in [6.45, 7) is 1.05. The van der Waals surface area contributed by atoms with Crippen LogP contribution < -0.4 is 0 Å². The maximum Gasteiger partial charge on any atom is 0.374 e. The smallest absolute Gasteiger partial charge is 0.374 e. The van der Waals surface area contributed by atoms with E-state index in [2.05, 4.69) is 46.1 Å². The standard InChI is InChI=1S/C20H16N2O3/c23-20(24)19-10-16(21-25-19)13-7-8-18-15(9-13)14-3-1-2-4-17(14)22(18)11-12-5-6-12/h1-4,7-10,12H,5-6,11H2,(H,23,24). The first-order valence-corrected chi connectivity index (χ1v) is 8.42. The highest BCUT2D eigenvalue weighted by Gasteiger charge is 2.24. The summed E-state index contributed by atoms with van der Waals surface area (Å²) >= 11 is 0. The number of aromatic nitrogens is 2. The molecule has 0 unspecified atom stereocenters. The molecule has 5 nitrogen and oxygen atoms in total. The van der Waals surface area contributed by atoms with E-state index in [0.29, 0.717) is 5.69 Å². The van der Waals surface area contributed by atoms with Gasteiger partial charge in [0, 0.05) is 40.0 Å². The zero-order chi connectivity index (χ0) is 17.0. The Bertz CT molecular complexity index is 1120. The summed E-state index contributed by atoms with van der Waals surface area (Å²) in [6, 6.07) is 16.0. The van der Waals surface area contributed by atoms with Gasteiger partial charge < -0.3 is 14.2 Å². The molecule has 0 bridgehead atoms. The average molecular weight is 332 g/mol. The lowest BCUT2D eigenvalue weighted by molar-refractivity contribution is 0.0652. The molecule has 0 radical (unpaired) electrons. The summed E-state index contributed by atoms with van der Waals surface area (Å²) in [4.78, 5) is 11.0.